The van der Waals surface area contributed by atoms with E-state index in [1.807, 2.05) is 27.7 Å². The molecule has 2 saturated heterocycles. The van der Waals surface area contributed by atoms with Crippen LogP contribution in [0.15, 0.2) is 0 Å². The maximum Gasteiger partial charge on any atom is 0.172 e. The average Bonchev–Trinajstić information content (AvgIpc) is 2.27. The van der Waals surface area contributed by atoms with Crippen molar-refractivity contribution in [3.8, 4) is 0 Å². The Labute approximate surface area is 131 Å². The Balaban J connectivity index is 1.88. The molecule has 0 atom stereocenters. The van der Waals surface area contributed by atoms with Gasteiger partial charge in [0.1, 0.15) is 0 Å². The third kappa shape index (κ3) is 3.92. The molecule has 0 aromatic heterocycles. The quantitative estimate of drug-likeness (QED) is 0.666. The van der Waals surface area contributed by atoms with E-state index in [0.29, 0.717) is 26.4 Å². The van der Waals surface area contributed by atoms with Crippen LogP contribution in [0.5, 0.6) is 0 Å². The fourth-order valence-electron chi connectivity index (χ4n) is 2.15. The second-order valence-electron chi connectivity index (χ2n) is 6.54. The first-order valence-electron chi connectivity index (χ1n) is 6.47. The predicted molar refractivity (Wildman–Crippen MR) is 79.8 cm³/mol. The van der Waals surface area contributed by atoms with Crippen molar-refractivity contribution in [3.63, 3.8) is 0 Å². The number of halogens is 2. The molecule has 0 amide bonds. The van der Waals surface area contributed by atoms with Gasteiger partial charge in [-0.25, -0.2) is 0 Å². The monoisotopic (exact) mass is 400 g/mol. The maximum atomic E-state index is 5.82. The van der Waals surface area contributed by atoms with Gasteiger partial charge in [-0.3, -0.25) is 0 Å². The fraction of sp³-hybridized carbons (Fsp3) is 1.00. The first kappa shape index (κ1) is 16.2. The zero-order chi connectivity index (χ0) is 14.3. The highest BCUT2D eigenvalue weighted by atomic mass is 79.9. The van der Waals surface area contributed by atoms with Crippen LogP contribution in [0, 0.1) is 5.41 Å². The molecular weight excluding hydrogens is 380 g/mol. The summed E-state index contributed by atoms with van der Waals surface area (Å²) in [5, 5.41) is 0. The third-order valence-electron chi connectivity index (χ3n) is 3.28. The van der Waals surface area contributed by atoms with Gasteiger partial charge in [0.25, 0.3) is 0 Å². The van der Waals surface area contributed by atoms with Gasteiger partial charge in [0.2, 0.25) is 0 Å². The van der Waals surface area contributed by atoms with Crippen LogP contribution < -0.4 is 0 Å². The molecule has 0 bridgehead atoms. The Morgan fingerprint density at radius 2 is 1.00 bits per heavy atom. The van der Waals surface area contributed by atoms with Crippen LogP contribution in [0.4, 0.5) is 0 Å². The van der Waals surface area contributed by atoms with E-state index in [2.05, 4.69) is 31.9 Å². The predicted octanol–water partition coefficient (Wildman–Crippen LogP) is 3.07. The molecule has 0 radical (unpaired) electrons. The minimum atomic E-state index is -0.233. The van der Waals surface area contributed by atoms with Crippen molar-refractivity contribution >= 4 is 31.9 Å². The minimum Gasteiger partial charge on any atom is -0.350 e. The van der Waals surface area contributed by atoms with Crippen LogP contribution in [-0.4, -0.2) is 47.7 Å². The Bertz CT molecular complexity index is 270. The van der Waals surface area contributed by atoms with Crippen LogP contribution in [0.3, 0.4) is 0 Å². The van der Waals surface area contributed by atoms with Gasteiger partial charge in [-0.1, -0.05) is 31.9 Å². The summed E-state index contributed by atoms with van der Waals surface area (Å²) in [4.78, 5) is 0. The van der Waals surface area contributed by atoms with E-state index >= 15 is 0 Å². The largest absolute Gasteiger partial charge is 0.350 e. The lowest BCUT2D eigenvalue weighted by atomic mass is 9.90. The molecule has 0 aromatic carbocycles. The molecule has 2 fully saturated rings. The fourth-order valence-corrected chi connectivity index (χ4v) is 2.68. The van der Waals surface area contributed by atoms with Crippen molar-refractivity contribution in [1.82, 2.24) is 0 Å². The first-order valence-corrected chi connectivity index (χ1v) is 8.05. The molecule has 0 aliphatic carbocycles. The van der Waals surface area contributed by atoms with Crippen LogP contribution in [-0.2, 0) is 18.9 Å². The summed E-state index contributed by atoms with van der Waals surface area (Å²) < 4.78 is 22.9. The summed E-state index contributed by atoms with van der Waals surface area (Å²) in [7, 11) is 0. The van der Waals surface area contributed by atoms with E-state index in [-0.39, 0.29) is 26.6 Å². The molecule has 0 N–H and O–H groups in total. The van der Waals surface area contributed by atoms with Crippen molar-refractivity contribution < 1.29 is 18.9 Å². The average molecular weight is 402 g/mol. The lowest BCUT2D eigenvalue weighted by Crippen LogP contribution is -2.56. The van der Waals surface area contributed by atoms with E-state index in [9.17, 15) is 0 Å². The topological polar surface area (TPSA) is 36.9 Å². The van der Waals surface area contributed by atoms with Crippen molar-refractivity contribution in [1.29, 1.82) is 0 Å². The van der Waals surface area contributed by atoms with Crippen molar-refractivity contribution in [2.75, 3.05) is 26.4 Å². The van der Waals surface area contributed by atoms with E-state index < -0.39 is 0 Å². The van der Waals surface area contributed by atoms with E-state index in [0.717, 1.165) is 0 Å². The maximum absolute atomic E-state index is 5.82. The Morgan fingerprint density at radius 1 is 0.737 bits per heavy atom. The lowest BCUT2D eigenvalue weighted by molar-refractivity contribution is -0.309. The molecule has 112 valence electrons. The smallest absolute Gasteiger partial charge is 0.172 e. The van der Waals surface area contributed by atoms with Gasteiger partial charge < -0.3 is 18.9 Å². The summed E-state index contributed by atoms with van der Waals surface area (Å²) in [6, 6.07) is 0. The molecular formula is C13H22Br2O4. The van der Waals surface area contributed by atoms with Crippen molar-refractivity contribution in [2.45, 2.75) is 48.9 Å². The summed E-state index contributed by atoms with van der Waals surface area (Å²) in [6.45, 7) is 10.5. The molecule has 0 aromatic rings. The molecule has 2 aliphatic heterocycles. The molecule has 4 nitrogen and oxygen atoms in total. The number of hydrogen-bond acceptors (Lipinski definition) is 4. The zero-order valence-electron chi connectivity index (χ0n) is 11.9. The van der Waals surface area contributed by atoms with E-state index in [1.165, 1.54) is 0 Å². The summed E-state index contributed by atoms with van der Waals surface area (Å²) >= 11 is 7.14. The molecule has 2 aliphatic rings. The number of alkyl halides is 2. The molecule has 0 saturated carbocycles. The minimum absolute atomic E-state index is 0.177. The Kier molecular flexibility index (Phi) is 4.71. The summed E-state index contributed by atoms with van der Waals surface area (Å²) in [5.74, 6) is 0. The molecule has 2 heterocycles. The van der Waals surface area contributed by atoms with E-state index in [4.69, 9.17) is 18.9 Å². The molecule has 2 rings (SSSR count). The third-order valence-corrected chi connectivity index (χ3v) is 4.03. The van der Waals surface area contributed by atoms with Gasteiger partial charge in [0, 0.05) is 0 Å². The van der Waals surface area contributed by atoms with Crippen LogP contribution in [0.2, 0.25) is 0 Å². The summed E-state index contributed by atoms with van der Waals surface area (Å²) in [5.41, 5.74) is -0.177. The highest BCUT2D eigenvalue weighted by Gasteiger charge is 2.46. The van der Waals surface area contributed by atoms with Crippen LogP contribution >= 0.6 is 31.9 Å². The Hall–Kier alpha value is 0.800. The zero-order valence-corrected chi connectivity index (χ0v) is 15.0. The standard InChI is InChI=1S/C13H22Br2O4/c1-11(2,14)9-16-5-13(6-17-9)7-18-10(19-8-13)12(3,4)15/h9-10H,5-8H2,1-4H3. The summed E-state index contributed by atoms with van der Waals surface area (Å²) in [6.07, 6.45) is -0.466. The van der Waals surface area contributed by atoms with Crippen LogP contribution in [0.1, 0.15) is 27.7 Å². The number of hydrogen-bond donors (Lipinski definition) is 0. The molecule has 1 spiro atoms. The van der Waals surface area contributed by atoms with Gasteiger partial charge in [0.05, 0.1) is 40.5 Å². The first-order chi connectivity index (χ1) is 8.62. The highest BCUT2D eigenvalue weighted by molar-refractivity contribution is 9.10. The second kappa shape index (κ2) is 5.54. The molecule has 6 heteroatoms. The van der Waals surface area contributed by atoms with Gasteiger partial charge >= 0.3 is 0 Å². The highest BCUT2D eigenvalue weighted by Crippen LogP contribution is 2.37. The van der Waals surface area contributed by atoms with Gasteiger partial charge in [0.15, 0.2) is 12.6 Å². The lowest BCUT2D eigenvalue weighted by Gasteiger charge is -2.47. The van der Waals surface area contributed by atoms with Crippen molar-refractivity contribution in [2.24, 2.45) is 5.41 Å². The van der Waals surface area contributed by atoms with Gasteiger partial charge in [-0.15, -0.1) is 0 Å². The van der Waals surface area contributed by atoms with Crippen molar-refractivity contribution in [3.05, 3.63) is 0 Å². The molecule has 19 heavy (non-hydrogen) atoms. The van der Waals surface area contributed by atoms with Gasteiger partial charge in [-0.05, 0) is 27.7 Å². The Morgan fingerprint density at radius 3 is 1.21 bits per heavy atom. The van der Waals surface area contributed by atoms with Crippen LogP contribution in [0.25, 0.3) is 0 Å². The van der Waals surface area contributed by atoms with Gasteiger partial charge in [-0.2, -0.15) is 0 Å². The second-order valence-corrected chi connectivity index (χ2v) is 10.6. The van der Waals surface area contributed by atoms with E-state index in [1.54, 1.807) is 0 Å². The molecule has 0 unspecified atom stereocenters. The SMILES string of the molecule is CC(C)(Br)C1OCC2(CO1)COC(C(C)(C)Br)OC2. The normalized spacial score (nSPS) is 37.6. The number of ether oxygens (including phenoxy) is 4. The number of rotatable bonds is 2.